The number of likely N-dealkylation sites (N-methyl/N-ethyl adjacent to an activating group) is 1. The van der Waals surface area contributed by atoms with Crippen LogP contribution >= 0.6 is 0 Å². The molecule has 0 spiro atoms. The maximum Gasteiger partial charge on any atom is 0.227 e. The van der Waals surface area contributed by atoms with Crippen LogP contribution in [0.2, 0.25) is 0 Å². The zero-order valence-electron chi connectivity index (χ0n) is 20.5. The second kappa shape index (κ2) is 10.3. The van der Waals surface area contributed by atoms with E-state index in [9.17, 15) is 0 Å². The van der Waals surface area contributed by atoms with Gasteiger partial charge in [0.15, 0.2) is 5.76 Å². The van der Waals surface area contributed by atoms with Crippen molar-refractivity contribution in [2.45, 2.75) is 20.4 Å². The lowest BCUT2D eigenvalue weighted by molar-refractivity contribution is 0.312. The highest BCUT2D eigenvalue weighted by Crippen LogP contribution is 2.23. The van der Waals surface area contributed by atoms with Crippen LogP contribution in [-0.2, 0) is 6.54 Å². The molecule has 0 saturated carbocycles. The number of benzene rings is 1. The van der Waals surface area contributed by atoms with Crippen molar-refractivity contribution >= 4 is 23.4 Å². The number of hydrogen-bond acceptors (Lipinski definition) is 9. The predicted octanol–water partition coefficient (Wildman–Crippen LogP) is 3.90. The van der Waals surface area contributed by atoms with Gasteiger partial charge in [0.1, 0.15) is 23.2 Å². The van der Waals surface area contributed by atoms with Gasteiger partial charge < -0.3 is 25.0 Å². The molecule has 4 heterocycles. The molecule has 9 nitrogen and oxygen atoms in total. The maximum absolute atomic E-state index is 5.54. The predicted molar refractivity (Wildman–Crippen MR) is 140 cm³/mol. The Balaban J connectivity index is 1.34. The van der Waals surface area contributed by atoms with Crippen molar-refractivity contribution in [3.63, 3.8) is 0 Å². The minimum absolute atomic E-state index is 0.434. The first kappa shape index (κ1) is 23.0. The van der Waals surface area contributed by atoms with Crippen LogP contribution in [0.15, 0.2) is 63.6 Å². The molecule has 182 valence electrons. The monoisotopic (exact) mass is 472 g/mol. The zero-order chi connectivity index (χ0) is 24.2. The van der Waals surface area contributed by atoms with Gasteiger partial charge >= 0.3 is 0 Å². The average molecular weight is 473 g/mol. The molecule has 2 N–H and O–H groups in total. The summed E-state index contributed by atoms with van der Waals surface area (Å²) in [5, 5.41) is 10.9. The Morgan fingerprint density at radius 1 is 1.03 bits per heavy atom. The summed E-state index contributed by atoms with van der Waals surface area (Å²) in [7, 11) is 2.15. The third-order valence-electron chi connectivity index (χ3n) is 6.34. The number of rotatable bonds is 7. The molecular formula is C26H32N8O. The molecule has 2 aliphatic rings. The molecule has 3 aromatic rings. The Kier molecular flexibility index (Phi) is 6.76. The molecule has 0 amide bonds. The number of nitrogens with zero attached hydrogens (tertiary/aromatic N) is 6. The van der Waals surface area contributed by atoms with E-state index in [1.807, 2.05) is 42.5 Å². The molecule has 35 heavy (non-hydrogen) atoms. The van der Waals surface area contributed by atoms with Crippen molar-refractivity contribution in [2.24, 2.45) is 10.9 Å². The van der Waals surface area contributed by atoms with E-state index < -0.39 is 0 Å². The highest BCUT2D eigenvalue weighted by molar-refractivity contribution is 6.05. The van der Waals surface area contributed by atoms with Crippen LogP contribution in [0, 0.1) is 5.92 Å². The Hall–Kier alpha value is -3.72. The highest BCUT2D eigenvalue weighted by Gasteiger charge is 2.19. The number of piperazine rings is 1. The molecule has 0 radical (unpaired) electrons. The molecule has 9 heteroatoms. The van der Waals surface area contributed by atoms with Crippen LogP contribution in [0.4, 0.5) is 17.6 Å². The molecule has 0 aliphatic carbocycles. The third kappa shape index (κ3) is 5.68. The standard InChI is InChI=1S/C26H32N8O/c1-18(2)20-13-23(27-16-20)29-24-15-25(34-11-9-33(3)10-12-34)31-26(30-24)28-17-21-14-22(32-35-21)19-7-5-4-6-8-19/h4-8,13-15,18H,9-12,16-17H2,1-3H3,(H2,27,28,29,30,31). The third-order valence-corrected chi connectivity index (χ3v) is 6.34. The summed E-state index contributed by atoms with van der Waals surface area (Å²) in [5.74, 6) is 4.19. The number of aromatic nitrogens is 3. The quantitative estimate of drug-likeness (QED) is 0.535. The summed E-state index contributed by atoms with van der Waals surface area (Å²) in [5.41, 5.74) is 3.15. The first-order chi connectivity index (χ1) is 17.0. The van der Waals surface area contributed by atoms with Gasteiger partial charge in [0.25, 0.3) is 0 Å². The maximum atomic E-state index is 5.54. The van der Waals surface area contributed by atoms with Gasteiger partial charge in [-0.15, -0.1) is 0 Å². The van der Waals surface area contributed by atoms with E-state index in [0.717, 1.165) is 67.2 Å². The fourth-order valence-corrected chi connectivity index (χ4v) is 4.08. The van der Waals surface area contributed by atoms with Gasteiger partial charge in [-0.1, -0.05) is 49.3 Å². The number of nitrogens with one attached hydrogen (secondary N) is 2. The molecular weight excluding hydrogens is 440 g/mol. The molecule has 2 aliphatic heterocycles. The lowest BCUT2D eigenvalue weighted by Gasteiger charge is -2.33. The Morgan fingerprint density at radius 2 is 1.83 bits per heavy atom. The zero-order valence-corrected chi connectivity index (χ0v) is 20.5. The normalized spacial score (nSPS) is 16.4. The topological polar surface area (TPSA) is 94.7 Å². The lowest BCUT2D eigenvalue weighted by atomic mass is 10.0. The van der Waals surface area contributed by atoms with E-state index >= 15 is 0 Å². The number of anilines is 3. The molecule has 1 fully saturated rings. The van der Waals surface area contributed by atoms with Crippen molar-refractivity contribution in [1.29, 1.82) is 0 Å². The summed E-state index contributed by atoms with van der Waals surface area (Å²) >= 11 is 0. The first-order valence-electron chi connectivity index (χ1n) is 12.1. The largest absolute Gasteiger partial charge is 0.359 e. The van der Waals surface area contributed by atoms with E-state index in [0.29, 0.717) is 18.4 Å². The van der Waals surface area contributed by atoms with Crippen LogP contribution in [-0.4, -0.2) is 65.6 Å². The number of amidine groups is 1. The van der Waals surface area contributed by atoms with Gasteiger partial charge in [0.05, 0.1) is 13.1 Å². The van der Waals surface area contributed by atoms with Gasteiger partial charge in [-0.3, -0.25) is 4.99 Å². The fraction of sp³-hybridized carbons (Fsp3) is 0.385. The summed E-state index contributed by atoms with van der Waals surface area (Å²) < 4.78 is 5.54. The second-order valence-corrected chi connectivity index (χ2v) is 9.32. The van der Waals surface area contributed by atoms with Crippen molar-refractivity contribution in [3.8, 4) is 11.3 Å². The molecule has 5 rings (SSSR count). The van der Waals surface area contributed by atoms with Crippen molar-refractivity contribution in [3.05, 3.63) is 59.9 Å². The molecule has 0 atom stereocenters. The fourth-order valence-electron chi connectivity index (χ4n) is 4.08. The highest BCUT2D eigenvalue weighted by atomic mass is 16.5. The van der Waals surface area contributed by atoms with Crippen LogP contribution in [0.5, 0.6) is 0 Å². The Bertz CT molecular complexity index is 1210. The molecule has 0 unspecified atom stereocenters. The Morgan fingerprint density at radius 3 is 2.57 bits per heavy atom. The minimum Gasteiger partial charge on any atom is -0.359 e. The van der Waals surface area contributed by atoms with Gasteiger partial charge in [-0.05, 0) is 24.6 Å². The molecule has 1 saturated heterocycles. The van der Waals surface area contributed by atoms with Gasteiger partial charge in [-0.25, -0.2) is 0 Å². The number of aliphatic imine (C=N–C) groups is 1. The van der Waals surface area contributed by atoms with Crippen molar-refractivity contribution in [2.75, 3.05) is 55.3 Å². The second-order valence-electron chi connectivity index (χ2n) is 9.32. The lowest BCUT2D eigenvalue weighted by Crippen LogP contribution is -2.44. The van der Waals surface area contributed by atoms with Crippen LogP contribution in [0.3, 0.4) is 0 Å². The first-order valence-corrected chi connectivity index (χ1v) is 12.1. The van der Waals surface area contributed by atoms with E-state index in [2.05, 4.69) is 57.6 Å². The SMILES string of the molecule is CC(C)C1=CC(Nc2cc(N3CCN(C)CC3)nc(NCc3cc(-c4ccccc4)no3)n2)=NC1. The van der Waals surface area contributed by atoms with Gasteiger partial charge in [-0.2, -0.15) is 9.97 Å². The van der Waals surface area contributed by atoms with E-state index in [-0.39, 0.29) is 0 Å². The summed E-state index contributed by atoms with van der Waals surface area (Å²) in [6, 6.07) is 13.9. The van der Waals surface area contributed by atoms with Crippen molar-refractivity contribution in [1.82, 2.24) is 20.0 Å². The van der Waals surface area contributed by atoms with E-state index in [1.54, 1.807) is 0 Å². The molecule has 0 bridgehead atoms. The minimum atomic E-state index is 0.434. The molecule has 2 aromatic heterocycles. The smallest absolute Gasteiger partial charge is 0.227 e. The number of hydrogen-bond donors (Lipinski definition) is 2. The summed E-state index contributed by atoms with van der Waals surface area (Å²) in [6.07, 6.45) is 2.12. The van der Waals surface area contributed by atoms with Gasteiger partial charge in [0, 0.05) is 43.9 Å². The van der Waals surface area contributed by atoms with Crippen LogP contribution in [0.25, 0.3) is 11.3 Å². The van der Waals surface area contributed by atoms with Gasteiger partial charge in [0.2, 0.25) is 5.95 Å². The Labute approximate surface area is 206 Å². The van der Waals surface area contributed by atoms with Crippen LogP contribution < -0.4 is 15.5 Å². The van der Waals surface area contributed by atoms with E-state index in [4.69, 9.17) is 14.5 Å². The molecule has 1 aromatic carbocycles. The van der Waals surface area contributed by atoms with Crippen LogP contribution in [0.1, 0.15) is 19.6 Å². The van der Waals surface area contributed by atoms with Crippen molar-refractivity contribution < 1.29 is 4.52 Å². The average Bonchev–Trinajstić information content (AvgIpc) is 3.54. The summed E-state index contributed by atoms with van der Waals surface area (Å²) in [6.45, 7) is 9.40. The van der Waals surface area contributed by atoms with E-state index in [1.165, 1.54) is 5.57 Å². The summed E-state index contributed by atoms with van der Waals surface area (Å²) in [4.78, 5) is 18.8.